The van der Waals surface area contributed by atoms with Gasteiger partial charge in [-0.05, 0) is 31.5 Å². The van der Waals surface area contributed by atoms with Crippen molar-refractivity contribution in [1.29, 1.82) is 0 Å². The number of piperidine rings is 1. The van der Waals surface area contributed by atoms with Gasteiger partial charge in [0.25, 0.3) is 0 Å². The number of hydrogen-bond donors (Lipinski definition) is 1. The Kier molecular flexibility index (Phi) is 2.66. The largest absolute Gasteiger partial charge is 0.461 e. The van der Waals surface area contributed by atoms with Crippen LogP contribution in [0, 0.1) is 0 Å². The smallest absolute Gasteiger partial charge is 0.134 e. The fourth-order valence-electron chi connectivity index (χ4n) is 2.48. The molecule has 3 rings (SSSR count). The maximum Gasteiger partial charge on any atom is 0.134 e. The monoisotopic (exact) mass is 215 g/mol. The van der Waals surface area contributed by atoms with Gasteiger partial charge in [-0.1, -0.05) is 24.6 Å². The predicted molar refractivity (Wildman–Crippen MR) is 65.6 cm³/mol. The van der Waals surface area contributed by atoms with Crippen molar-refractivity contribution in [2.45, 2.75) is 31.7 Å². The van der Waals surface area contributed by atoms with Crippen LogP contribution in [0.25, 0.3) is 11.0 Å². The Morgan fingerprint density at radius 3 is 3.00 bits per heavy atom. The molecule has 2 nitrogen and oxygen atoms in total. The lowest BCUT2D eigenvalue weighted by Gasteiger charge is -2.22. The fourth-order valence-corrected chi connectivity index (χ4v) is 2.48. The highest BCUT2D eigenvalue weighted by Crippen LogP contribution is 2.21. The van der Waals surface area contributed by atoms with E-state index in [1.54, 1.807) is 0 Å². The predicted octanol–water partition coefficient (Wildman–Crippen LogP) is 3.12. The summed E-state index contributed by atoms with van der Waals surface area (Å²) in [5, 5.41) is 4.77. The van der Waals surface area contributed by atoms with E-state index in [-0.39, 0.29) is 0 Å². The van der Waals surface area contributed by atoms with Crippen molar-refractivity contribution in [2.75, 3.05) is 6.54 Å². The molecule has 2 heterocycles. The summed E-state index contributed by atoms with van der Waals surface area (Å²) < 4.78 is 5.83. The second kappa shape index (κ2) is 4.30. The van der Waals surface area contributed by atoms with Crippen LogP contribution < -0.4 is 5.32 Å². The highest BCUT2D eigenvalue weighted by Gasteiger charge is 2.15. The maximum absolute atomic E-state index is 5.83. The van der Waals surface area contributed by atoms with Crippen LogP contribution >= 0.6 is 0 Å². The Balaban J connectivity index is 1.78. The summed E-state index contributed by atoms with van der Waals surface area (Å²) in [6.07, 6.45) is 4.96. The summed E-state index contributed by atoms with van der Waals surface area (Å²) in [5.41, 5.74) is 1.01. The molecular formula is C14H17NO. The van der Waals surface area contributed by atoms with E-state index in [0.29, 0.717) is 6.04 Å². The van der Waals surface area contributed by atoms with Crippen LogP contribution in [-0.2, 0) is 6.42 Å². The molecule has 0 saturated carbocycles. The van der Waals surface area contributed by atoms with Crippen molar-refractivity contribution in [1.82, 2.24) is 5.32 Å². The van der Waals surface area contributed by atoms with Gasteiger partial charge >= 0.3 is 0 Å². The molecule has 1 fully saturated rings. The van der Waals surface area contributed by atoms with Crippen LogP contribution in [0.15, 0.2) is 34.7 Å². The number of para-hydroxylation sites is 1. The standard InChI is InChI=1S/C14H17NO/c1-2-7-14-11(5-1)9-13(16-14)10-12-6-3-4-8-15-12/h1-2,5,7,9,12,15H,3-4,6,8,10H2/t12-/m0/s1. The zero-order chi connectivity index (χ0) is 10.8. The molecule has 2 aromatic rings. The Hall–Kier alpha value is -1.28. The van der Waals surface area contributed by atoms with Gasteiger partial charge in [0.05, 0.1) is 0 Å². The third kappa shape index (κ3) is 1.98. The van der Waals surface area contributed by atoms with Gasteiger partial charge < -0.3 is 9.73 Å². The first kappa shape index (κ1) is 9.91. The van der Waals surface area contributed by atoms with E-state index in [1.165, 1.54) is 24.6 Å². The van der Waals surface area contributed by atoms with Crippen LogP contribution in [-0.4, -0.2) is 12.6 Å². The van der Waals surface area contributed by atoms with Gasteiger partial charge in [-0.25, -0.2) is 0 Å². The summed E-state index contributed by atoms with van der Waals surface area (Å²) in [6, 6.07) is 11.0. The van der Waals surface area contributed by atoms with E-state index in [0.717, 1.165) is 24.3 Å². The van der Waals surface area contributed by atoms with Crippen molar-refractivity contribution in [2.24, 2.45) is 0 Å². The van der Waals surface area contributed by atoms with E-state index in [9.17, 15) is 0 Å². The molecule has 0 aliphatic carbocycles. The van der Waals surface area contributed by atoms with Gasteiger partial charge in [-0.15, -0.1) is 0 Å². The molecule has 1 aromatic carbocycles. The van der Waals surface area contributed by atoms with Gasteiger partial charge in [0.2, 0.25) is 0 Å². The zero-order valence-corrected chi connectivity index (χ0v) is 9.41. The Morgan fingerprint density at radius 1 is 1.25 bits per heavy atom. The minimum Gasteiger partial charge on any atom is -0.461 e. The number of rotatable bonds is 2. The van der Waals surface area contributed by atoms with Crippen LogP contribution in [0.1, 0.15) is 25.0 Å². The third-order valence-electron chi connectivity index (χ3n) is 3.34. The van der Waals surface area contributed by atoms with Gasteiger partial charge in [0, 0.05) is 17.8 Å². The minimum atomic E-state index is 0.606. The van der Waals surface area contributed by atoms with Crippen LogP contribution in [0.4, 0.5) is 0 Å². The van der Waals surface area contributed by atoms with Crippen LogP contribution in [0.5, 0.6) is 0 Å². The molecule has 0 bridgehead atoms. The molecule has 1 N–H and O–H groups in total. The van der Waals surface area contributed by atoms with Crippen molar-refractivity contribution in [3.05, 3.63) is 36.1 Å². The second-order valence-electron chi connectivity index (χ2n) is 4.60. The lowest BCUT2D eigenvalue weighted by molar-refractivity contribution is 0.378. The lowest BCUT2D eigenvalue weighted by Crippen LogP contribution is -2.35. The molecular weight excluding hydrogens is 198 g/mol. The topological polar surface area (TPSA) is 25.2 Å². The minimum absolute atomic E-state index is 0.606. The van der Waals surface area contributed by atoms with E-state index < -0.39 is 0 Å². The first-order valence-electron chi connectivity index (χ1n) is 6.13. The highest BCUT2D eigenvalue weighted by atomic mass is 16.3. The van der Waals surface area contributed by atoms with Crippen LogP contribution in [0.3, 0.4) is 0 Å². The third-order valence-corrected chi connectivity index (χ3v) is 3.34. The Morgan fingerprint density at radius 2 is 2.19 bits per heavy atom. The van der Waals surface area contributed by atoms with Gasteiger partial charge in [0.15, 0.2) is 0 Å². The van der Waals surface area contributed by atoms with E-state index in [4.69, 9.17) is 4.42 Å². The molecule has 0 spiro atoms. The molecule has 0 amide bonds. The van der Waals surface area contributed by atoms with E-state index in [2.05, 4.69) is 23.5 Å². The fraction of sp³-hybridized carbons (Fsp3) is 0.429. The molecule has 16 heavy (non-hydrogen) atoms. The number of hydrogen-bond acceptors (Lipinski definition) is 2. The van der Waals surface area contributed by atoms with Crippen molar-refractivity contribution < 1.29 is 4.42 Å². The van der Waals surface area contributed by atoms with E-state index >= 15 is 0 Å². The SMILES string of the molecule is c1ccc2oc(C[C@@H]3CCCCN3)cc2c1. The average Bonchev–Trinajstić information content (AvgIpc) is 2.72. The summed E-state index contributed by atoms with van der Waals surface area (Å²) in [6.45, 7) is 1.16. The average molecular weight is 215 g/mol. The van der Waals surface area contributed by atoms with Crippen molar-refractivity contribution >= 4 is 11.0 Å². The zero-order valence-electron chi connectivity index (χ0n) is 9.41. The van der Waals surface area contributed by atoms with Crippen LogP contribution in [0.2, 0.25) is 0 Å². The highest BCUT2D eigenvalue weighted by molar-refractivity contribution is 5.77. The second-order valence-corrected chi connectivity index (χ2v) is 4.60. The molecule has 0 unspecified atom stereocenters. The summed E-state index contributed by atoms with van der Waals surface area (Å²) in [5.74, 6) is 1.11. The van der Waals surface area contributed by atoms with Crippen molar-refractivity contribution in [3.63, 3.8) is 0 Å². The van der Waals surface area contributed by atoms with Gasteiger partial charge in [-0.3, -0.25) is 0 Å². The maximum atomic E-state index is 5.83. The molecule has 1 aliphatic rings. The molecule has 0 radical (unpaired) electrons. The summed E-state index contributed by atoms with van der Waals surface area (Å²) in [4.78, 5) is 0. The molecule has 2 heteroatoms. The number of furan rings is 1. The summed E-state index contributed by atoms with van der Waals surface area (Å²) in [7, 11) is 0. The number of benzene rings is 1. The Bertz CT molecular complexity index is 435. The Labute approximate surface area is 95.6 Å². The quantitative estimate of drug-likeness (QED) is 0.832. The number of nitrogens with one attached hydrogen (secondary N) is 1. The normalized spacial score (nSPS) is 21.4. The van der Waals surface area contributed by atoms with E-state index in [1.807, 2.05) is 12.1 Å². The molecule has 84 valence electrons. The van der Waals surface area contributed by atoms with Gasteiger partial charge in [0.1, 0.15) is 11.3 Å². The first-order chi connectivity index (χ1) is 7.92. The summed E-state index contributed by atoms with van der Waals surface area (Å²) >= 11 is 0. The van der Waals surface area contributed by atoms with Gasteiger partial charge in [-0.2, -0.15) is 0 Å². The lowest BCUT2D eigenvalue weighted by atomic mass is 10.0. The molecule has 1 aromatic heterocycles. The first-order valence-corrected chi connectivity index (χ1v) is 6.13. The van der Waals surface area contributed by atoms with Crippen molar-refractivity contribution in [3.8, 4) is 0 Å². The molecule has 1 saturated heterocycles. The molecule has 1 atom stereocenters. The molecule has 1 aliphatic heterocycles. The number of fused-ring (bicyclic) bond motifs is 1.